The molecule has 1 aliphatic rings. The Kier molecular flexibility index (Phi) is 3.12. The number of carbonyl (C=O) groups excluding carboxylic acids is 1. The summed E-state index contributed by atoms with van der Waals surface area (Å²) in [4.78, 5) is 11.7. The van der Waals surface area contributed by atoms with Gasteiger partial charge in [0, 0.05) is 23.1 Å². The molecule has 0 aromatic heterocycles. The van der Waals surface area contributed by atoms with E-state index in [2.05, 4.69) is 11.8 Å². The first-order chi connectivity index (χ1) is 9.63. The molecule has 2 heteroatoms. The molecule has 0 spiro atoms. The Labute approximate surface area is 117 Å². The van der Waals surface area contributed by atoms with Gasteiger partial charge in [-0.25, -0.2) is 4.39 Å². The van der Waals surface area contributed by atoms with Gasteiger partial charge in [-0.3, -0.25) is 4.79 Å². The molecule has 1 aliphatic carbocycles. The predicted octanol–water partition coefficient (Wildman–Crippen LogP) is 3.66. The molecule has 3 rings (SSSR count). The summed E-state index contributed by atoms with van der Waals surface area (Å²) in [6.45, 7) is 1.95. The highest BCUT2D eigenvalue weighted by Crippen LogP contribution is 2.25. The summed E-state index contributed by atoms with van der Waals surface area (Å²) < 4.78 is 13.1. The Morgan fingerprint density at radius 1 is 1.10 bits per heavy atom. The number of hydrogen-bond acceptors (Lipinski definition) is 1. The number of carbonyl (C=O) groups is 1. The molecular formula is C18H13FO. The third-order valence-corrected chi connectivity index (χ3v) is 3.54. The second kappa shape index (κ2) is 4.94. The van der Waals surface area contributed by atoms with Crippen molar-refractivity contribution >= 4 is 5.78 Å². The summed E-state index contributed by atoms with van der Waals surface area (Å²) in [5.74, 6) is 5.97. The van der Waals surface area contributed by atoms with E-state index in [1.807, 2.05) is 19.1 Å². The average Bonchev–Trinajstić information content (AvgIpc) is 2.77. The van der Waals surface area contributed by atoms with E-state index in [4.69, 9.17) is 0 Å². The lowest BCUT2D eigenvalue weighted by molar-refractivity contribution is 0.0994. The molecule has 0 amide bonds. The number of aryl methyl sites for hydroxylation is 2. The molecule has 0 unspecified atom stereocenters. The molecule has 0 N–H and O–H groups in total. The molecule has 1 nitrogen and oxygen atoms in total. The van der Waals surface area contributed by atoms with Crippen molar-refractivity contribution < 1.29 is 9.18 Å². The van der Waals surface area contributed by atoms with Crippen molar-refractivity contribution in [2.45, 2.75) is 19.8 Å². The van der Waals surface area contributed by atoms with Gasteiger partial charge in [-0.05, 0) is 54.8 Å². The Bertz CT molecular complexity index is 763. The zero-order valence-corrected chi connectivity index (χ0v) is 11.2. The highest BCUT2D eigenvalue weighted by molar-refractivity contribution is 6.00. The van der Waals surface area contributed by atoms with Gasteiger partial charge in [0.05, 0.1) is 0 Å². The molecule has 0 saturated carbocycles. The van der Waals surface area contributed by atoms with Crippen LogP contribution in [0.3, 0.4) is 0 Å². The van der Waals surface area contributed by atoms with Gasteiger partial charge in [0.2, 0.25) is 0 Å². The van der Waals surface area contributed by atoms with Crippen LogP contribution in [-0.4, -0.2) is 5.78 Å². The molecule has 2 aromatic carbocycles. The maximum Gasteiger partial charge on any atom is 0.163 e. The van der Waals surface area contributed by atoms with Gasteiger partial charge in [0.1, 0.15) is 5.82 Å². The molecule has 0 fully saturated rings. The smallest absolute Gasteiger partial charge is 0.163 e. The zero-order chi connectivity index (χ0) is 14.1. The fraction of sp³-hybridized carbons (Fsp3) is 0.167. The number of Topliss-reactive ketones (excluding diaryl/α,β-unsaturated/α-hetero) is 1. The van der Waals surface area contributed by atoms with E-state index in [0.29, 0.717) is 12.0 Å². The molecule has 0 aliphatic heterocycles. The van der Waals surface area contributed by atoms with Crippen molar-refractivity contribution in [3.05, 3.63) is 70.0 Å². The fourth-order valence-corrected chi connectivity index (χ4v) is 2.44. The monoisotopic (exact) mass is 264 g/mol. The number of fused-ring (bicyclic) bond motifs is 1. The molecule has 0 radical (unpaired) electrons. The van der Waals surface area contributed by atoms with Crippen LogP contribution in [0, 0.1) is 24.6 Å². The first-order valence-electron chi connectivity index (χ1n) is 6.58. The quantitative estimate of drug-likeness (QED) is 0.664. The first-order valence-corrected chi connectivity index (χ1v) is 6.58. The third kappa shape index (κ3) is 2.35. The highest BCUT2D eigenvalue weighted by Gasteiger charge is 2.20. The summed E-state index contributed by atoms with van der Waals surface area (Å²) in [6.07, 6.45) is 1.39. The van der Waals surface area contributed by atoms with Gasteiger partial charge in [-0.1, -0.05) is 17.9 Å². The summed E-state index contributed by atoms with van der Waals surface area (Å²) in [6, 6.07) is 10.1. The first kappa shape index (κ1) is 12.6. The van der Waals surface area contributed by atoms with Gasteiger partial charge < -0.3 is 0 Å². The normalized spacial score (nSPS) is 12.8. The highest BCUT2D eigenvalue weighted by atomic mass is 19.1. The SMILES string of the molecule is Cc1cc2c(cc1C#Cc1cccc(F)c1)CCC2=O. The number of hydrogen-bond donors (Lipinski definition) is 0. The van der Waals surface area contributed by atoms with E-state index in [-0.39, 0.29) is 11.6 Å². The fourth-order valence-electron chi connectivity index (χ4n) is 2.44. The van der Waals surface area contributed by atoms with Crippen molar-refractivity contribution in [1.82, 2.24) is 0 Å². The van der Waals surface area contributed by atoms with Crippen LogP contribution in [0.1, 0.15) is 39.0 Å². The maximum absolute atomic E-state index is 13.1. The van der Waals surface area contributed by atoms with Crippen LogP contribution in [0.25, 0.3) is 0 Å². The lowest BCUT2D eigenvalue weighted by Gasteiger charge is -2.03. The second-order valence-electron chi connectivity index (χ2n) is 5.01. The van der Waals surface area contributed by atoms with Crippen molar-refractivity contribution in [2.75, 3.05) is 0 Å². The average molecular weight is 264 g/mol. The maximum atomic E-state index is 13.1. The lowest BCUT2D eigenvalue weighted by atomic mass is 10.0. The third-order valence-electron chi connectivity index (χ3n) is 3.54. The standard InChI is InChI=1S/C18H13FO/c1-12-9-17-15(7-8-18(17)20)11-14(12)6-5-13-3-2-4-16(19)10-13/h2-4,9-11H,7-8H2,1H3. The number of benzene rings is 2. The van der Waals surface area contributed by atoms with Crippen LogP contribution in [0.4, 0.5) is 4.39 Å². The molecule has 0 saturated heterocycles. The molecule has 0 atom stereocenters. The number of ketones is 1. The molecule has 20 heavy (non-hydrogen) atoms. The van der Waals surface area contributed by atoms with Gasteiger partial charge in [0.25, 0.3) is 0 Å². The van der Waals surface area contributed by atoms with Crippen LogP contribution in [-0.2, 0) is 6.42 Å². The Hall–Kier alpha value is -2.40. The van der Waals surface area contributed by atoms with Crippen LogP contribution >= 0.6 is 0 Å². The molecule has 2 aromatic rings. The van der Waals surface area contributed by atoms with E-state index in [1.165, 1.54) is 12.1 Å². The van der Waals surface area contributed by atoms with Crippen LogP contribution < -0.4 is 0 Å². The van der Waals surface area contributed by atoms with Crippen molar-refractivity contribution in [2.24, 2.45) is 0 Å². The minimum atomic E-state index is -0.284. The van der Waals surface area contributed by atoms with Crippen molar-refractivity contribution in [1.29, 1.82) is 0 Å². The molecule has 98 valence electrons. The minimum Gasteiger partial charge on any atom is -0.294 e. The van der Waals surface area contributed by atoms with Gasteiger partial charge in [-0.2, -0.15) is 0 Å². The molecule has 0 bridgehead atoms. The second-order valence-corrected chi connectivity index (χ2v) is 5.01. The van der Waals surface area contributed by atoms with E-state index in [9.17, 15) is 9.18 Å². The van der Waals surface area contributed by atoms with Crippen LogP contribution in [0.15, 0.2) is 36.4 Å². The summed E-state index contributed by atoms with van der Waals surface area (Å²) in [5, 5.41) is 0. The largest absolute Gasteiger partial charge is 0.294 e. The topological polar surface area (TPSA) is 17.1 Å². The molecule has 0 heterocycles. The Morgan fingerprint density at radius 3 is 2.75 bits per heavy atom. The minimum absolute atomic E-state index is 0.215. The van der Waals surface area contributed by atoms with E-state index < -0.39 is 0 Å². The number of halogens is 1. The van der Waals surface area contributed by atoms with Crippen LogP contribution in [0.2, 0.25) is 0 Å². The Morgan fingerprint density at radius 2 is 1.95 bits per heavy atom. The van der Waals surface area contributed by atoms with Crippen molar-refractivity contribution in [3.8, 4) is 11.8 Å². The Balaban J connectivity index is 1.99. The summed E-state index contributed by atoms with van der Waals surface area (Å²) in [7, 11) is 0. The van der Waals surface area contributed by atoms with Crippen molar-refractivity contribution in [3.63, 3.8) is 0 Å². The van der Waals surface area contributed by atoms with Gasteiger partial charge in [0.15, 0.2) is 5.78 Å². The number of rotatable bonds is 0. The van der Waals surface area contributed by atoms with Gasteiger partial charge in [-0.15, -0.1) is 0 Å². The van der Waals surface area contributed by atoms with E-state index in [0.717, 1.165) is 28.7 Å². The van der Waals surface area contributed by atoms with E-state index in [1.54, 1.807) is 12.1 Å². The lowest BCUT2D eigenvalue weighted by Crippen LogP contribution is -1.94. The molecular weight excluding hydrogens is 251 g/mol. The summed E-state index contributed by atoms with van der Waals surface area (Å²) >= 11 is 0. The van der Waals surface area contributed by atoms with Crippen LogP contribution in [0.5, 0.6) is 0 Å². The van der Waals surface area contributed by atoms with E-state index >= 15 is 0 Å². The summed E-state index contributed by atoms with van der Waals surface area (Å²) in [5.41, 5.74) is 4.45. The van der Waals surface area contributed by atoms with Gasteiger partial charge >= 0.3 is 0 Å². The predicted molar refractivity (Wildman–Crippen MR) is 76.2 cm³/mol. The zero-order valence-electron chi connectivity index (χ0n) is 11.2.